The lowest BCUT2D eigenvalue weighted by Crippen LogP contribution is -2.29. The second-order valence-electron chi connectivity index (χ2n) is 7.10. The normalized spacial score (nSPS) is 10.6. The first-order valence-electron chi connectivity index (χ1n) is 9.73. The molecule has 152 valence electrons. The number of aryl methyl sites for hydroxylation is 4. The van der Waals surface area contributed by atoms with E-state index in [-0.39, 0.29) is 11.9 Å². The highest BCUT2D eigenvalue weighted by molar-refractivity contribution is 7.17. The number of anilines is 2. The molecular weight excluding hydrogens is 372 g/mol. The average Bonchev–Trinajstić information content (AvgIpc) is 2.98. The van der Waals surface area contributed by atoms with Crippen LogP contribution < -0.4 is 16.0 Å². The van der Waals surface area contributed by atoms with Crippen molar-refractivity contribution in [2.24, 2.45) is 0 Å². The van der Waals surface area contributed by atoms with Gasteiger partial charge in [-0.15, -0.1) is 0 Å². The van der Waals surface area contributed by atoms with Crippen LogP contribution in [0.25, 0.3) is 0 Å². The van der Waals surface area contributed by atoms with Crippen LogP contribution >= 0.6 is 11.3 Å². The Balaban J connectivity index is 1.98. The summed E-state index contributed by atoms with van der Waals surface area (Å²) in [5.74, 6) is -0.210. The number of urea groups is 1. The molecule has 0 radical (unpaired) electrons. The molecule has 28 heavy (non-hydrogen) atoms. The van der Waals surface area contributed by atoms with Crippen LogP contribution in [0.3, 0.4) is 0 Å². The number of unbranched alkanes of at least 4 members (excludes halogenated alkanes) is 3. The Bertz CT molecular complexity index is 822. The summed E-state index contributed by atoms with van der Waals surface area (Å²) in [6, 6.07) is 3.79. The van der Waals surface area contributed by atoms with Gasteiger partial charge in [0.2, 0.25) is 0 Å². The van der Waals surface area contributed by atoms with Gasteiger partial charge in [-0.1, -0.05) is 55.2 Å². The summed E-state index contributed by atoms with van der Waals surface area (Å²) in [6.07, 6.45) is 4.40. The minimum Gasteiger partial charge on any atom is -0.338 e. The maximum absolute atomic E-state index is 12.7. The maximum Gasteiger partial charge on any atom is 0.321 e. The van der Waals surface area contributed by atoms with Crippen LogP contribution in [0.1, 0.15) is 64.7 Å². The number of nitrogens with zero attached hydrogens (tertiary/aromatic N) is 1. The highest BCUT2D eigenvalue weighted by atomic mass is 32.1. The molecule has 0 atom stereocenters. The Hall–Kier alpha value is -2.41. The van der Waals surface area contributed by atoms with Gasteiger partial charge in [-0.3, -0.25) is 10.1 Å². The second kappa shape index (κ2) is 10.2. The van der Waals surface area contributed by atoms with Crippen molar-refractivity contribution in [3.8, 4) is 0 Å². The largest absolute Gasteiger partial charge is 0.338 e. The lowest BCUT2D eigenvalue weighted by Gasteiger charge is -2.12. The van der Waals surface area contributed by atoms with E-state index < -0.39 is 0 Å². The van der Waals surface area contributed by atoms with Crippen LogP contribution in [0.2, 0.25) is 0 Å². The number of thiazole rings is 1. The number of amides is 3. The third-order valence-corrected chi connectivity index (χ3v) is 5.53. The fourth-order valence-corrected chi connectivity index (χ4v) is 3.96. The Morgan fingerprint density at radius 3 is 2.32 bits per heavy atom. The van der Waals surface area contributed by atoms with Crippen LogP contribution in [0, 0.1) is 27.7 Å². The van der Waals surface area contributed by atoms with Crippen LogP contribution in [-0.2, 0) is 0 Å². The third kappa shape index (κ3) is 6.05. The number of benzene rings is 1. The van der Waals surface area contributed by atoms with E-state index in [0.717, 1.165) is 41.6 Å². The first-order valence-corrected chi connectivity index (χ1v) is 10.5. The van der Waals surface area contributed by atoms with Crippen LogP contribution in [0.15, 0.2) is 12.1 Å². The summed E-state index contributed by atoms with van der Waals surface area (Å²) in [4.78, 5) is 29.5. The molecule has 7 heteroatoms. The Labute approximate surface area is 171 Å². The molecular formula is C21H30N4O2S. The van der Waals surface area contributed by atoms with E-state index in [1.165, 1.54) is 17.8 Å². The summed E-state index contributed by atoms with van der Waals surface area (Å²) < 4.78 is 0. The molecule has 1 aromatic carbocycles. The van der Waals surface area contributed by atoms with Crippen molar-refractivity contribution in [2.45, 2.75) is 60.3 Å². The quantitative estimate of drug-likeness (QED) is 0.522. The number of carbonyl (C=O) groups excluding carboxylic acids is 2. The predicted molar refractivity (Wildman–Crippen MR) is 117 cm³/mol. The highest BCUT2D eigenvalue weighted by Crippen LogP contribution is 2.26. The molecule has 3 N–H and O–H groups in total. The molecule has 0 unspecified atom stereocenters. The Morgan fingerprint density at radius 1 is 1.00 bits per heavy atom. The van der Waals surface area contributed by atoms with Gasteiger partial charge in [0, 0.05) is 12.2 Å². The fraction of sp³-hybridized carbons (Fsp3) is 0.476. The monoisotopic (exact) mass is 402 g/mol. The van der Waals surface area contributed by atoms with E-state index in [1.54, 1.807) is 6.92 Å². The van der Waals surface area contributed by atoms with E-state index in [2.05, 4.69) is 27.9 Å². The van der Waals surface area contributed by atoms with Gasteiger partial charge in [-0.25, -0.2) is 9.78 Å². The topological polar surface area (TPSA) is 83.1 Å². The van der Waals surface area contributed by atoms with E-state index in [4.69, 9.17) is 0 Å². The van der Waals surface area contributed by atoms with E-state index in [1.807, 2.05) is 32.9 Å². The van der Waals surface area contributed by atoms with Crippen molar-refractivity contribution >= 4 is 34.1 Å². The molecule has 0 aliphatic rings. The minimum atomic E-state index is -0.289. The Kier molecular flexibility index (Phi) is 7.99. The fourth-order valence-electron chi connectivity index (χ4n) is 3.10. The van der Waals surface area contributed by atoms with Crippen LogP contribution in [-0.4, -0.2) is 23.5 Å². The molecule has 0 saturated carbocycles. The van der Waals surface area contributed by atoms with Gasteiger partial charge in [0.15, 0.2) is 5.13 Å². The van der Waals surface area contributed by atoms with E-state index >= 15 is 0 Å². The molecule has 3 amide bonds. The lowest BCUT2D eigenvalue weighted by atomic mass is 10.1. The highest BCUT2D eigenvalue weighted by Gasteiger charge is 2.18. The summed E-state index contributed by atoms with van der Waals surface area (Å²) in [5, 5.41) is 8.95. The van der Waals surface area contributed by atoms with Crippen molar-refractivity contribution in [1.82, 2.24) is 10.3 Å². The molecule has 2 aromatic rings. The number of aromatic nitrogens is 1. The lowest BCUT2D eigenvalue weighted by molar-refractivity contribution is 0.102. The molecule has 2 rings (SSSR count). The van der Waals surface area contributed by atoms with Crippen molar-refractivity contribution in [3.05, 3.63) is 39.4 Å². The van der Waals surface area contributed by atoms with Crippen molar-refractivity contribution in [2.75, 3.05) is 17.2 Å². The summed E-state index contributed by atoms with van der Waals surface area (Å²) in [5.41, 5.74) is 4.63. The maximum atomic E-state index is 12.7. The zero-order chi connectivity index (χ0) is 20.7. The summed E-state index contributed by atoms with van der Waals surface area (Å²) in [7, 11) is 0. The third-order valence-electron chi connectivity index (χ3n) is 4.45. The number of hydrogen-bond acceptors (Lipinski definition) is 4. The van der Waals surface area contributed by atoms with Crippen molar-refractivity contribution in [1.29, 1.82) is 0 Å². The predicted octanol–water partition coefficient (Wildman–Crippen LogP) is 5.33. The van der Waals surface area contributed by atoms with Gasteiger partial charge >= 0.3 is 6.03 Å². The van der Waals surface area contributed by atoms with Gasteiger partial charge in [0.05, 0.1) is 5.69 Å². The van der Waals surface area contributed by atoms with Gasteiger partial charge in [0.1, 0.15) is 4.88 Å². The van der Waals surface area contributed by atoms with Crippen molar-refractivity contribution in [3.63, 3.8) is 0 Å². The first kappa shape index (κ1) is 21.9. The zero-order valence-corrected chi connectivity index (χ0v) is 18.2. The first-order chi connectivity index (χ1) is 13.3. The van der Waals surface area contributed by atoms with Crippen molar-refractivity contribution < 1.29 is 9.59 Å². The number of nitrogens with one attached hydrogen (secondary N) is 3. The van der Waals surface area contributed by atoms with Crippen LogP contribution in [0.5, 0.6) is 0 Å². The second-order valence-corrected chi connectivity index (χ2v) is 8.10. The zero-order valence-electron chi connectivity index (χ0n) is 17.4. The SMILES string of the molecule is CCCCCCNC(=O)Nc1nc(C)c(C(=O)Nc2c(C)cc(C)cc2C)s1. The molecule has 0 fully saturated rings. The molecule has 0 spiro atoms. The molecule has 0 aliphatic heterocycles. The Morgan fingerprint density at radius 2 is 1.68 bits per heavy atom. The smallest absolute Gasteiger partial charge is 0.321 e. The van der Waals surface area contributed by atoms with Gasteiger partial charge in [-0.05, 0) is 45.2 Å². The van der Waals surface area contributed by atoms with Crippen LogP contribution in [0.4, 0.5) is 15.6 Å². The molecule has 0 aliphatic carbocycles. The summed E-state index contributed by atoms with van der Waals surface area (Å²) >= 11 is 1.18. The molecule has 0 bridgehead atoms. The minimum absolute atomic E-state index is 0.210. The summed E-state index contributed by atoms with van der Waals surface area (Å²) in [6.45, 7) is 10.6. The average molecular weight is 403 g/mol. The standard InChI is InChI=1S/C21H30N4O2S/c1-6-7-8-9-10-22-20(27)25-21-23-16(5)18(28-21)19(26)24-17-14(3)11-13(2)12-15(17)4/h11-12H,6-10H2,1-5H3,(H,24,26)(H2,22,23,25,27). The van der Waals surface area contributed by atoms with E-state index in [9.17, 15) is 9.59 Å². The van der Waals surface area contributed by atoms with E-state index in [0.29, 0.717) is 22.2 Å². The van der Waals surface area contributed by atoms with Gasteiger partial charge < -0.3 is 10.6 Å². The molecule has 1 heterocycles. The molecule has 6 nitrogen and oxygen atoms in total. The molecule has 1 aromatic heterocycles. The number of rotatable bonds is 8. The molecule has 0 saturated heterocycles. The number of hydrogen-bond donors (Lipinski definition) is 3. The van der Waals surface area contributed by atoms with Gasteiger partial charge in [-0.2, -0.15) is 0 Å². The van der Waals surface area contributed by atoms with Gasteiger partial charge in [0.25, 0.3) is 5.91 Å². The number of carbonyl (C=O) groups is 2.